The van der Waals surface area contributed by atoms with E-state index >= 15 is 0 Å². The third-order valence-corrected chi connectivity index (χ3v) is 5.01. The van der Waals surface area contributed by atoms with Crippen LogP contribution in [0.1, 0.15) is 26.2 Å². The van der Waals surface area contributed by atoms with Crippen molar-refractivity contribution in [2.24, 2.45) is 17.8 Å². The van der Waals surface area contributed by atoms with Crippen molar-refractivity contribution in [1.82, 2.24) is 0 Å². The Morgan fingerprint density at radius 2 is 2.00 bits per heavy atom. The maximum Gasteiger partial charge on any atom is 0.227 e. The van der Waals surface area contributed by atoms with Crippen LogP contribution in [0.25, 0.3) is 0 Å². The van der Waals surface area contributed by atoms with Crippen LogP contribution in [0, 0.1) is 17.8 Å². The van der Waals surface area contributed by atoms with Crippen molar-refractivity contribution < 1.29 is 4.79 Å². The maximum absolute atomic E-state index is 12.2. The van der Waals surface area contributed by atoms with Crippen LogP contribution in [-0.4, -0.2) is 11.7 Å². The van der Waals surface area contributed by atoms with E-state index in [0.29, 0.717) is 0 Å². The molecule has 1 aromatic rings. The number of anilines is 1. The number of benzene rings is 1. The van der Waals surface area contributed by atoms with E-state index in [2.05, 4.69) is 18.3 Å². The predicted octanol–water partition coefficient (Wildman–Crippen LogP) is 3.78. The van der Waals surface area contributed by atoms with Crippen molar-refractivity contribution in [3.8, 4) is 0 Å². The van der Waals surface area contributed by atoms with Gasteiger partial charge in [0, 0.05) is 10.8 Å². The second-order valence-corrected chi connectivity index (χ2v) is 6.65. The SMILES string of the molecule is CCSc1ccccc1NC(=O)C1CC2CC2C1. The average Bonchev–Trinajstić information content (AvgIpc) is 2.99. The van der Waals surface area contributed by atoms with E-state index in [1.807, 2.05) is 18.2 Å². The molecule has 1 amide bonds. The molecule has 0 saturated heterocycles. The lowest BCUT2D eigenvalue weighted by molar-refractivity contribution is -0.120. The van der Waals surface area contributed by atoms with Crippen molar-refractivity contribution >= 4 is 23.4 Å². The molecule has 3 heteroatoms. The van der Waals surface area contributed by atoms with Gasteiger partial charge in [0.1, 0.15) is 0 Å². The molecule has 3 rings (SSSR count). The molecular weight excluding hydrogens is 242 g/mol. The molecule has 0 bridgehead atoms. The highest BCUT2D eigenvalue weighted by atomic mass is 32.2. The van der Waals surface area contributed by atoms with E-state index in [1.165, 1.54) is 11.3 Å². The number of thioether (sulfide) groups is 1. The summed E-state index contributed by atoms with van der Waals surface area (Å²) in [4.78, 5) is 13.4. The average molecular weight is 261 g/mol. The number of hydrogen-bond donors (Lipinski definition) is 1. The maximum atomic E-state index is 12.2. The van der Waals surface area contributed by atoms with Gasteiger partial charge < -0.3 is 5.32 Å². The van der Waals surface area contributed by atoms with Crippen LogP contribution in [0.15, 0.2) is 29.2 Å². The molecule has 2 unspecified atom stereocenters. The molecule has 0 radical (unpaired) electrons. The molecular formula is C15H19NOS. The van der Waals surface area contributed by atoms with Crippen LogP contribution >= 0.6 is 11.8 Å². The number of amides is 1. The van der Waals surface area contributed by atoms with Crippen LogP contribution in [0.2, 0.25) is 0 Å². The van der Waals surface area contributed by atoms with E-state index < -0.39 is 0 Å². The van der Waals surface area contributed by atoms with Crippen LogP contribution in [-0.2, 0) is 4.79 Å². The summed E-state index contributed by atoms with van der Waals surface area (Å²) < 4.78 is 0. The van der Waals surface area contributed by atoms with Crippen molar-refractivity contribution in [2.75, 3.05) is 11.1 Å². The molecule has 0 aromatic heterocycles. The summed E-state index contributed by atoms with van der Waals surface area (Å²) in [5.41, 5.74) is 0.981. The molecule has 18 heavy (non-hydrogen) atoms. The van der Waals surface area contributed by atoms with Crippen LogP contribution in [0.3, 0.4) is 0 Å². The first-order valence-electron chi connectivity index (χ1n) is 6.80. The van der Waals surface area contributed by atoms with Crippen LogP contribution in [0.5, 0.6) is 0 Å². The van der Waals surface area contributed by atoms with Gasteiger partial charge in [0.05, 0.1) is 5.69 Å². The van der Waals surface area contributed by atoms with Gasteiger partial charge in [-0.2, -0.15) is 0 Å². The van der Waals surface area contributed by atoms with Gasteiger partial charge in [-0.05, 0) is 49.0 Å². The largest absolute Gasteiger partial charge is 0.325 e. The number of nitrogens with one attached hydrogen (secondary N) is 1. The first-order valence-corrected chi connectivity index (χ1v) is 7.79. The molecule has 96 valence electrons. The lowest BCUT2D eigenvalue weighted by Crippen LogP contribution is -2.21. The zero-order valence-corrected chi connectivity index (χ0v) is 11.5. The standard InChI is InChI=1S/C15H19NOS/c1-2-18-14-6-4-3-5-13(14)16-15(17)12-8-10-7-11(10)9-12/h3-6,10-12H,2,7-9H2,1H3,(H,16,17). The first-order chi connectivity index (χ1) is 8.78. The van der Waals surface area contributed by atoms with Crippen LogP contribution in [0.4, 0.5) is 5.69 Å². The van der Waals surface area contributed by atoms with Crippen LogP contribution < -0.4 is 5.32 Å². The van der Waals surface area contributed by atoms with Crippen molar-refractivity contribution in [3.05, 3.63) is 24.3 Å². The molecule has 0 spiro atoms. The Morgan fingerprint density at radius 1 is 1.28 bits per heavy atom. The van der Waals surface area contributed by atoms with Crippen molar-refractivity contribution in [1.29, 1.82) is 0 Å². The van der Waals surface area contributed by atoms with Gasteiger partial charge in [-0.3, -0.25) is 4.79 Å². The fourth-order valence-electron chi connectivity index (χ4n) is 3.01. The molecule has 2 fully saturated rings. The highest BCUT2D eigenvalue weighted by Gasteiger charge is 2.47. The van der Waals surface area contributed by atoms with Gasteiger partial charge in [0.15, 0.2) is 0 Å². The number of fused-ring (bicyclic) bond motifs is 1. The normalized spacial score (nSPS) is 28.8. The minimum atomic E-state index is 0.228. The van der Waals surface area contributed by atoms with Crippen molar-refractivity contribution in [3.63, 3.8) is 0 Å². The van der Waals surface area contributed by atoms with Gasteiger partial charge in [0.2, 0.25) is 5.91 Å². The quantitative estimate of drug-likeness (QED) is 0.836. The molecule has 2 saturated carbocycles. The third kappa shape index (κ3) is 2.41. The number of carbonyl (C=O) groups is 1. The lowest BCUT2D eigenvalue weighted by Gasteiger charge is -2.14. The fraction of sp³-hybridized carbons (Fsp3) is 0.533. The molecule has 2 nitrogen and oxygen atoms in total. The Kier molecular flexibility index (Phi) is 3.33. The fourth-order valence-corrected chi connectivity index (χ4v) is 3.78. The van der Waals surface area contributed by atoms with Gasteiger partial charge in [-0.1, -0.05) is 19.1 Å². The molecule has 0 aliphatic heterocycles. The summed E-state index contributed by atoms with van der Waals surface area (Å²) in [5, 5.41) is 3.12. The number of hydrogen-bond acceptors (Lipinski definition) is 2. The zero-order valence-electron chi connectivity index (χ0n) is 10.7. The predicted molar refractivity (Wildman–Crippen MR) is 75.8 cm³/mol. The smallest absolute Gasteiger partial charge is 0.227 e. The molecule has 0 heterocycles. The molecule has 2 aliphatic carbocycles. The molecule has 1 aromatic carbocycles. The summed E-state index contributed by atoms with van der Waals surface area (Å²) in [5.74, 6) is 3.24. The third-order valence-electron chi connectivity index (χ3n) is 4.06. The van der Waals surface area contributed by atoms with Gasteiger partial charge in [-0.25, -0.2) is 0 Å². The van der Waals surface area contributed by atoms with E-state index in [0.717, 1.165) is 36.1 Å². The number of para-hydroxylation sites is 1. The Bertz CT molecular complexity index is 450. The van der Waals surface area contributed by atoms with Gasteiger partial charge in [-0.15, -0.1) is 11.8 Å². The summed E-state index contributed by atoms with van der Waals surface area (Å²) in [6.07, 6.45) is 3.59. The first kappa shape index (κ1) is 12.1. The molecule has 2 aliphatic rings. The minimum absolute atomic E-state index is 0.228. The second-order valence-electron chi connectivity index (χ2n) is 5.34. The summed E-state index contributed by atoms with van der Waals surface area (Å²) in [7, 11) is 0. The Labute approximate surface area is 113 Å². The zero-order chi connectivity index (χ0) is 12.5. The van der Waals surface area contributed by atoms with E-state index in [1.54, 1.807) is 11.8 Å². The molecule has 2 atom stereocenters. The van der Waals surface area contributed by atoms with Gasteiger partial charge in [0.25, 0.3) is 0 Å². The molecule has 1 N–H and O–H groups in total. The summed E-state index contributed by atoms with van der Waals surface area (Å²) >= 11 is 1.78. The Hall–Kier alpha value is -0.960. The second kappa shape index (κ2) is 4.96. The minimum Gasteiger partial charge on any atom is -0.325 e. The Morgan fingerprint density at radius 3 is 2.72 bits per heavy atom. The summed E-state index contributed by atoms with van der Waals surface area (Å²) in [6.45, 7) is 2.13. The summed E-state index contributed by atoms with van der Waals surface area (Å²) in [6, 6.07) is 8.10. The topological polar surface area (TPSA) is 29.1 Å². The highest BCUT2D eigenvalue weighted by Crippen LogP contribution is 2.54. The van der Waals surface area contributed by atoms with Gasteiger partial charge >= 0.3 is 0 Å². The number of rotatable bonds is 4. The van der Waals surface area contributed by atoms with E-state index in [9.17, 15) is 4.79 Å². The Balaban J connectivity index is 1.66. The highest BCUT2D eigenvalue weighted by molar-refractivity contribution is 7.99. The lowest BCUT2D eigenvalue weighted by atomic mass is 10.0. The van der Waals surface area contributed by atoms with Crippen molar-refractivity contribution in [2.45, 2.75) is 31.1 Å². The monoisotopic (exact) mass is 261 g/mol. The van der Waals surface area contributed by atoms with E-state index in [4.69, 9.17) is 0 Å². The number of carbonyl (C=O) groups excluding carboxylic acids is 1. The van der Waals surface area contributed by atoms with E-state index in [-0.39, 0.29) is 11.8 Å².